The number of nitrogens with one attached hydrogen (secondary N) is 2. The Kier molecular flexibility index (Phi) is 4.49. The minimum absolute atomic E-state index is 0.0485. The molecule has 0 spiro atoms. The lowest BCUT2D eigenvalue weighted by Crippen LogP contribution is -2.46. The number of aryl methyl sites for hydroxylation is 1. The summed E-state index contributed by atoms with van der Waals surface area (Å²) in [6.45, 7) is 3.91. The van der Waals surface area contributed by atoms with Gasteiger partial charge in [-0.3, -0.25) is 10.1 Å². The van der Waals surface area contributed by atoms with Gasteiger partial charge in [0.05, 0.1) is 17.8 Å². The Morgan fingerprint density at radius 1 is 1.15 bits per heavy atom. The number of fused-ring (bicyclic) bond motifs is 2. The maximum atomic E-state index is 13.2. The summed E-state index contributed by atoms with van der Waals surface area (Å²) in [6.07, 6.45) is 3.84. The highest BCUT2D eigenvalue weighted by Crippen LogP contribution is 2.34. The van der Waals surface area contributed by atoms with Crippen molar-refractivity contribution >= 4 is 28.4 Å². The van der Waals surface area contributed by atoms with Crippen LogP contribution in [-0.4, -0.2) is 50.2 Å². The molecule has 0 saturated carbocycles. The van der Waals surface area contributed by atoms with Crippen LogP contribution in [0.4, 0.5) is 20.7 Å². The van der Waals surface area contributed by atoms with Crippen molar-refractivity contribution in [3.8, 4) is 11.3 Å². The third kappa shape index (κ3) is 3.45. The highest BCUT2D eigenvalue weighted by Gasteiger charge is 2.34. The molecule has 8 nitrogen and oxygen atoms in total. The number of hydrogen-bond donors (Lipinski definition) is 2. The minimum atomic E-state index is -0.353. The van der Waals surface area contributed by atoms with Gasteiger partial charge in [-0.05, 0) is 55.3 Å². The number of aromatic amines is 1. The Morgan fingerprint density at radius 2 is 2.06 bits per heavy atom. The smallest absolute Gasteiger partial charge is 0.322 e. The first-order chi connectivity index (χ1) is 16.0. The second-order valence-electron chi connectivity index (χ2n) is 8.59. The first kappa shape index (κ1) is 19.7. The molecular formula is C24H22FN7O. The lowest BCUT2D eigenvalue weighted by molar-refractivity contribution is 0.186. The first-order valence-corrected chi connectivity index (χ1v) is 10.9. The van der Waals surface area contributed by atoms with Crippen LogP contribution in [0.1, 0.15) is 17.7 Å². The number of halogens is 1. The average molecular weight is 443 g/mol. The minimum Gasteiger partial charge on any atom is -0.354 e. The summed E-state index contributed by atoms with van der Waals surface area (Å²) in [7, 11) is 0. The summed E-state index contributed by atoms with van der Waals surface area (Å²) in [5.41, 5.74) is 5.54. The van der Waals surface area contributed by atoms with Crippen molar-refractivity contribution in [2.45, 2.75) is 25.9 Å². The fraction of sp³-hybridized carbons (Fsp3) is 0.250. The molecule has 2 N–H and O–H groups in total. The lowest BCUT2D eigenvalue weighted by Gasteiger charge is -2.34. The van der Waals surface area contributed by atoms with Crippen LogP contribution < -0.4 is 10.2 Å². The van der Waals surface area contributed by atoms with Crippen molar-refractivity contribution in [2.24, 2.45) is 0 Å². The molecule has 33 heavy (non-hydrogen) atoms. The second kappa shape index (κ2) is 7.54. The molecule has 0 unspecified atom stereocenters. The van der Waals surface area contributed by atoms with Gasteiger partial charge in [-0.2, -0.15) is 5.10 Å². The van der Waals surface area contributed by atoms with Gasteiger partial charge < -0.3 is 15.1 Å². The standard InChI is InChI=1S/C24H22FN7O/c1-14-8-15(4-6-26-14)23-19-9-16-12-32(24(33)28-20(16)10-21(19)29-30-23)18-5-7-31(13-18)22-3-2-17(25)11-27-22/h2-4,6,8-11,18H,5,7,12-13H2,1H3,(H,28,33)(H,29,30)/t18-/m1/s1. The third-order valence-electron chi connectivity index (χ3n) is 6.44. The molecule has 4 aromatic rings. The SMILES string of the molecule is Cc1cc(-c2n[nH]c3cc4c(cc23)CN([C@@H]2CCN(c3ccc(F)cn3)C2)C(=O)N4)ccn1. The third-order valence-corrected chi connectivity index (χ3v) is 6.44. The number of nitrogens with zero attached hydrogens (tertiary/aromatic N) is 5. The molecule has 3 aromatic heterocycles. The fourth-order valence-corrected chi connectivity index (χ4v) is 4.77. The van der Waals surface area contributed by atoms with Crippen LogP contribution in [0.2, 0.25) is 0 Å². The average Bonchev–Trinajstić information content (AvgIpc) is 3.45. The van der Waals surface area contributed by atoms with E-state index in [1.165, 1.54) is 12.3 Å². The zero-order valence-electron chi connectivity index (χ0n) is 18.0. The summed E-state index contributed by atoms with van der Waals surface area (Å²) in [4.78, 5) is 25.4. The fourth-order valence-electron chi connectivity index (χ4n) is 4.77. The Bertz CT molecular complexity index is 1370. The maximum Gasteiger partial charge on any atom is 0.322 e. The van der Waals surface area contributed by atoms with E-state index in [-0.39, 0.29) is 17.9 Å². The van der Waals surface area contributed by atoms with Crippen molar-refractivity contribution in [3.63, 3.8) is 0 Å². The number of carbonyl (C=O) groups excluding carboxylic acids is 1. The van der Waals surface area contributed by atoms with E-state index in [1.54, 1.807) is 12.3 Å². The molecular weight excluding hydrogens is 421 g/mol. The number of amides is 2. The van der Waals surface area contributed by atoms with Crippen LogP contribution in [0.3, 0.4) is 0 Å². The van der Waals surface area contributed by atoms with E-state index < -0.39 is 0 Å². The lowest BCUT2D eigenvalue weighted by atomic mass is 10.0. The van der Waals surface area contributed by atoms with Crippen molar-refractivity contribution in [3.05, 3.63) is 65.9 Å². The summed E-state index contributed by atoms with van der Waals surface area (Å²) >= 11 is 0. The van der Waals surface area contributed by atoms with E-state index in [9.17, 15) is 9.18 Å². The summed E-state index contributed by atoms with van der Waals surface area (Å²) in [5, 5.41) is 11.7. The van der Waals surface area contributed by atoms with Gasteiger partial charge in [0.2, 0.25) is 0 Å². The molecule has 166 valence electrons. The zero-order valence-corrected chi connectivity index (χ0v) is 18.0. The molecule has 2 aliphatic rings. The molecule has 1 fully saturated rings. The topological polar surface area (TPSA) is 90.0 Å². The molecule has 1 saturated heterocycles. The highest BCUT2D eigenvalue weighted by atomic mass is 19.1. The van der Waals surface area contributed by atoms with Crippen LogP contribution >= 0.6 is 0 Å². The Hall–Kier alpha value is -4.01. The highest BCUT2D eigenvalue weighted by molar-refractivity contribution is 6.00. The van der Waals surface area contributed by atoms with Gasteiger partial charge in [0.1, 0.15) is 17.3 Å². The predicted molar refractivity (Wildman–Crippen MR) is 123 cm³/mol. The monoisotopic (exact) mass is 443 g/mol. The van der Waals surface area contributed by atoms with Gasteiger partial charge in [-0.25, -0.2) is 14.2 Å². The molecule has 6 rings (SSSR count). The van der Waals surface area contributed by atoms with Crippen molar-refractivity contribution in [1.29, 1.82) is 0 Å². The molecule has 1 aromatic carbocycles. The van der Waals surface area contributed by atoms with Crippen molar-refractivity contribution in [2.75, 3.05) is 23.3 Å². The molecule has 9 heteroatoms. The van der Waals surface area contributed by atoms with Gasteiger partial charge in [-0.15, -0.1) is 0 Å². The second-order valence-corrected chi connectivity index (χ2v) is 8.59. The van der Waals surface area contributed by atoms with Crippen LogP contribution in [0.15, 0.2) is 48.8 Å². The van der Waals surface area contributed by atoms with E-state index in [2.05, 4.69) is 36.4 Å². The molecule has 5 heterocycles. The predicted octanol–water partition coefficient (Wildman–Crippen LogP) is 4.09. The van der Waals surface area contributed by atoms with E-state index in [0.29, 0.717) is 13.1 Å². The number of rotatable bonds is 3. The van der Waals surface area contributed by atoms with E-state index >= 15 is 0 Å². The first-order valence-electron chi connectivity index (χ1n) is 10.9. The number of aromatic nitrogens is 4. The van der Waals surface area contributed by atoms with Crippen LogP contribution in [0, 0.1) is 12.7 Å². The number of pyridine rings is 2. The van der Waals surface area contributed by atoms with Crippen LogP contribution in [0.5, 0.6) is 0 Å². The summed E-state index contributed by atoms with van der Waals surface area (Å²) in [5.74, 6) is 0.377. The molecule has 0 radical (unpaired) electrons. The Morgan fingerprint density at radius 3 is 2.88 bits per heavy atom. The van der Waals surface area contributed by atoms with Gasteiger partial charge in [0, 0.05) is 48.2 Å². The summed E-state index contributed by atoms with van der Waals surface area (Å²) < 4.78 is 13.2. The van der Waals surface area contributed by atoms with Crippen LogP contribution in [0.25, 0.3) is 22.2 Å². The maximum absolute atomic E-state index is 13.2. The molecule has 2 amide bonds. The molecule has 0 bridgehead atoms. The van der Waals surface area contributed by atoms with Gasteiger partial charge >= 0.3 is 6.03 Å². The summed E-state index contributed by atoms with van der Waals surface area (Å²) in [6, 6.07) is 11.1. The molecule has 1 atom stereocenters. The largest absolute Gasteiger partial charge is 0.354 e. The molecule has 2 aliphatic heterocycles. The van der Waals surface area contributed by atoms with Crippen molar-refractivity contribution in [1.82, 2.24) is 25.1 Å². The number of benzene rings is 1. The number of anilines is 2. The normalized spacial score (nSPS) is 18.0. The van der Waals surface area contributed by atoms with Gasteiger partial charge in [0.25, 0.3) is 0 Å². The van der Waals surface area contributed by atoms with Gasteiger partial charge in [0.15, 0.2) is 0 Å². The van der Waals surface area contributed by atoms with E-state index in [1.807, 2.05) is 30.0 Å². The number of urea groups is 1. The Balaban J connectivity index is 1.28. The van der Waals surface area contributed by atoms with Crippen LogP contribution in [-0.2, 0) is 6.54 Å². The molecule has 0 aliphatic carbocycles. The number of carbonyl (C=O) groups is 1. The Labute approximate surface area is 189 Å². The van der Waals surface area contributed by atoms with Gasteiger partial charge in [-0.1, -0.05) is 0 Å². The van der Waals surface area contributed by atoms with E-state index in [0.717, 1.165) is 57.9 Å². The van der Waals surface area contributed by atoms with Crippen molar-refractivity contribution < 1.29 is 9.18 Å². The number of H-pyrrole nitrogens is 1. The number of hydrogen-bond acceptors (Lipinski definition) is 5. The zero-order chi connectivity index (χ0) is 22.5. The van der Waals surface area contributed by atoms with E-state index in [4.69, 9.17) is 0 Å². The quantitative estimate of drug-likeness (QED) is 0.498.